The summed E-state index contributed by atoms with van der Waals surface area (Å²) in [5.74, 6) is 0.742. The summed E-state index contributed by atoms with van der Waals surface area (Å²) in [5.41, 5.74) is 2.60. The first-order valence-corrected chi connectivity index (χ1v) is 7.99. The van der Waals surface area contributed by atoms with Gasteiger partial charge in [0.1, 0.15) is 6.10 Å². The van der Waals surface area contributed by atoms with Crippen LogP contribution in [0, 0.1) is 0 Å². The summed E-state index contributed by atoms with van der Waals surface area (Å²) in [6, 6.07) is 0. The zero-order valence-electron chi connectivity index (χ0n) is 12.9. The number of hydrogen-bond acceptors (Lipinski definition) is 7. The van der Waals surface area contributed by atoms with Crippen LogP contribution in [-0.2, 0) is 9.47 Å². The average Bonchev–Trinajstić information content (AvgIpc) is 3.17. The molecule has 0 N–H and O–H groups in total. The lowest BCUT2D eigenvalue weighted by atomic mass is 10.1. The Kier molecular flexibility index (Phi) is 4.12. The molecule has 0 bridgehead atoms. The molecule has 2 aromatic rings. The van der Waals surface area contributed by atoms with Gasteiger partial charge in [-0.05, 0) is 12.8 Å². The second kappa shape index (κ2) is 6.55. The molecule has 0 spiro atoms. The molecule has 0 aliphatic carbocycles. The van der Waals surface area contributed by atoms with Gasteiger partial charge in [0.2, 0.25) is 5.95 Å². The third-order valence-electron chi connectivity index (χ3n) is 4.17. The van der Waals surface area contributed by atoms with Crippen LogP contribution in [-0.4, -0.2) is 52.8 Å². The van der Waals surface area contributed by atoms with E-state index in [0.717, 1.165) is 55.4 Å². The average molecular weight is 313 g/mol. The van der Waals surface area contributed by atoms with Gasteiger partial charge in [-0.3, -0.25) is 9.97 Å². The Morgan fingerprint density at radius 2 is 1.96 bits per heavy atom. The SMILES string of the molecule is c1cnc(-c2cnc(N3CCOCC3)nc2[C@H]2CCCO2)cn1. The molecule has 1 atom stereocenters. The number of ether oxygens (including phenoxy) is 2. The predicted molar refractivity (Wildman–Crippen MR) is 84.0 cm³/mol. The third-order valence-corrected chi connectivity index (χ3v) is 4.17. The van der Waals surface area contributed by atoms with Crippen LogP contribution in [0.25, 0.3) is 11.3 Å². The maximum absolute atomic E-state index is 5.86. The summed E-state index contributed by atoms with van der Waals surface area (Å²) in [4.78, 5) is 20.1. The molecule has 120 valence electrons. The van der Waals surface area contributed by atoms with E-state index < -0.39 is 0 Å². The van der Waals surface area contributed by atoms with Gasteiger partial charge in [-0.25, -0.2) is 9.97 Å². The van der Waals surface area contributed by atoms with Gasteiger partial charge in [-0.15, -0.1) is 0 Å². The molecule has 0 radical (unpaired) electrons. The van der Waals surface area contributed by atoms with Crippen LogP contribution in [0.3, 0.4) is 0 Å². The van der Waals surface area contributed by atoms with Gasteiger partial charge in [0.25, 0.3) is 0 Å². The first-order chi connectivity index (χ1) is 11.4. The molecule has 0 aromatic carbocycles. The minimum Gasteiger partial charge on any atom is -0.378 e. The van der Waals surface area contributed by atoms with Crippen LogP contribution < -0.4 is 4.90 Å². The van der Waals surface area contributed by atoms with Crippen LogP contribution in [0.1, 0.15) is 24.6 Å². The first kappa shape index (κ1) is 14.5. The zero-order valence-corrected chi connectivity index (χ0v) is 12.9. The molecule has 2 saturated heterocycles. The van der Waals surface area contributed by atoms with E-state index in [2.05, 4.69) is 19.9 Å². The number of aromatic nitrogens is 4. The standard InChI is InChI=1S/C16H19N5O2/c1-2-14(23-7-1)15-12(13-11-17-3-4-18-13)10-19-16(20-15)21-5-8-22-9-6-21/h3-4,10-11,14H,1-2,5-9H2/t14-/m1/s1. The monoisotopic (exact) mass is 313 g/mol. The molecule has 2 aliphatic rings. The van der Waals surface area contributed by atoms with Gasteiger partial charge in [-0.2, -0.15) is 0 Å². The van der Waals surface area contributed by atoms with Gasteiger partial charge in [-0.1, -0.05) is 0 Å². The largest absolute Gasteiger partial charge is 0.378 e. The van der Waals surface area contributed by atoms with Crippen molar-refractivity contribution in [3.05, 3.63) is 30.5 Å². The van der Waals surface area contributed by atoms with Crippen LogP contribution in [0.5, 0.6) is 0 Å². The Hall–Kier alpha value is -2.12. The van der Waals surface area contributed by atoms with Crippen LogP contribution in [0.15, 0.2) is 24.8 Å². The fraction of sp³-hybridized carbons (Fsp3) is 0.500. The molecule has 2 aliphatic heterocycles. The third kappa shape index (κ3) is 3.02. The van der Waals surface area contributed by atoms with E-state index in [9.17, 15) is 0 Å². The lowest BCUT2D eigenvalue weighted by Crippen LogP contribution is -2.37. The molecule has 7 nitrogen and oxygen atoms in total. The molecule has 0 amide bonds. The second-order valence-electron chi connectivity index (χ2n) is 5.66. The van der Waals surface area contributed by atoms with Gasteiger partial charge in [0.05, 0.1) is 30.8 Å². The molecule has 2 fully saturated rings. The summed E-state index contributed by atoms with van der Waals surface area (Å²) in [6.07, 6.45) is 8.98. The molecule has 4 rings (SSSR count). The smallest absolute Gasteiger partial charge is 0.225 e. The summed E-state index contributed by atoms with van der Waals surface area (Å²) in [6.45, 7) is 3.83. The number of hydrogen-bond donors (Lipinski definition) is 0. The van der Waals surface area contributed by atoms with E-state index in [0.29, 0.717) is 13.2 Å². The van der Waals surface area contributed by atoms with E-state index >= 15 is 0 Å². The van der Waals surface area contributed by atoms with Crippen molar-refractivity contribution in [2.75, 3.05) is 37.8 Å². The first-order valence-electron chi connectivity index (χ1n) is 7.99. The molecule has 0 unspecified atom stereocenters. The van der Waals surface area contributed by atoms with Crippen LogP contribution in [0.2, 0.25) is 0 Å². The van der Waals surface area contributed by atoms with Crippen molar-refractivity contribution in [2.24, 2.45) is 0 Å². The van der Waals surface area contributed by atoms with Gasteiger partial charge in [0.15, 0.2) is 0 Å². The quantitative estimate of drug-likeness (QED) is 0.852. The van der Waals surface area contributed by atoms with Gasteiger partial charge >= 0.3 is 0 Å². The van der Waals surface area contributed by atoms with Crippen molar-refractivity contribution in [1.29, 1.82) is 0 Å². The highest BCUT2D eigenvalue weighted by molar-refractivity contribution is 5.61. The van der Waals surface area contributed by atoms with E-state index in [1.54, 1.807) is 18.6 Å². The highest BCUT2D eigenvalue weighted by Crippen LogP contribution is 2.34. The van der Waals surface area contributed by atoms with Crippen molar-refractivity contribution in [1.82, 2.24) is 19.9 Å². The highest BCUT2D eigenvalue weighted by Gasteiger charge is 2.25. The van der Waals surface area contributed by atoms with Gasteiger partial charge in [0, 0.05) is 43.9 Å². The normalized spacial score (nSPS) is 21.6. The van der Waals surface area contributed by atoms with Crippen molar-refractivity contribution in [3.8, 4) is 11.3 Å². The lowest BCUT2D eigenvalue weighted by molar-refractivity contribution is 0.108. The molecule has 23 heavy (non-hydrogen) atoms. The molecular formula is C16H19N5O2. The minimum absolute atomic E-state index is 0.00907. The maximum Gasteiger partial charge on any atom is 0.225 e. The minimum atomic E-state index is 0.00907. The Bertz CT molecular complexity index is 655. The lowest BCUT2D eigenvalue weighted by Gasteiger charge is -2.27. The summed E-state index contributed by atoms with van der Waals surface area (Å²) < 4.78 is 11.3. The fourth-order valence-electron chi connectivity index (χ4n) is 2.98. The van der Waals surface area contributed by atoms with E-state index in [1.165, 1.54) is 0 Å². The summed E-state index contributed by atoms with van der Waals surface area (Å²) >= 11 is 0. The molecule has 2 aromatic heterocycles. The van der Waals surface area contributed by atoms with Crippen molar-refractivity contribution < 1.29 is 9.47 Å². The predicted octanol–water partition coefficient (Wildman–Crippen LogP) is 1.62. The van der Waals surface area contributed by atoms with E-state index in [1.807, 2.05) is 6.20 Å². The van der Waals surface area contributed by atoms with Gasteiger partial charge < -0.3 is 14.4 Å². The zero-order chi connectivity index (χ0) is 15.5. The van der Waals surface area contributed by atoms with Crippen molar-refractivity contribution in [2.45, 2.75) is 18.9 Å². The summed E-state index contributed by atoms with van der Waals surface area (Å²) in [7, 11) is 0. The Labute approximate surface area is 134 Å². The van der Waals surface area contributed by atoms with Crippen molar-refractivity contribution >= 4 is 5.95 Å². The van der Waals surface area contributed by atoms with Crippen LogP contribution in [0.4, 0.5) is 5.95 Å². The Balaban J connectivity index is 1.73. The Morgan fingerprint density at radius 1 is 1.04 bits per heavy atom. The second-order valence-corrected chi connectivity index (χ2v) is 5.66. The molecule has 0 saturated carbocycles. The van der Waals surface area contributed by atoms with Crippen LogP contribution >= 0.6 is 0 Å². The maximum atomic E-state index is 5.86. The Morgan fingerprint density at radius 3 is 2.70 bits per heavy atom. The molecule has 4 heterocycles. The molecule has 7 heteroatoms. The van der Waals surface area contributed by atoms with E-state index in [-0.39, 0.29) is 6.10 Å². The number of nitrogens with zero attached hydrogens (tertiary/aromatic N) is 5. The van der Waals surface area contributed by atoms with E-state index in [4.69, 9.17) is 14.5 Å². The number of morpholine rings is 1. The number of anilines is 1. The van der Waals surface area contributed by atoms with Crippen molar-refractivity contribution in [3.63, 3.8) is 0 Å². The highest BCUT2D eigenvalue weighted by atomic mass is 16.5. The number of rotatable bonds is 3. The summed E-state index contributed by atoms with van der Waals surface area (Å²) in [5, 5.41) is 0. The fourth-order valence-corrected chi connectivity index (χ4v) is 2.98. The molecular weight excluding hydrogens is 294 g/mol. The topological polar surface area (TPSA) is 73.3 Å².